The molecule has 2 nitrogen and oxygen atoms in total. The van der Waals surface area contributed by atoms with Gasteiger partial charge in [0.15, 0.2) is 0 Å². The summed E-state index contributed by atoms with van der Waals surface area (Å²) in [5.74, 6) is 1.73. The van der Waals surface area contributed by atoms with Crippen LogP contribution in [-0.2, 0) is 0 Å². The fraction of sp³-hybridized carbons (Fsp3) is 0.625. The van der Waals surface area contributed by atoms with Crippen LogP contribution in [0.4, 0.5) is 0 Å². The van der Waals surface area contributed by atoms with Crippen molar-refractivity contribution in [2.75, 3.05) is 6.61 Å². The van der Waals surface area contributed by atoms with Gasteiger partial charge in [-0.15, -0.1) is 0 Å². The molecule has 2 N–H and O–H groups in total. The molecule has 102 valence electrons. The summed E-state index contributed by atoms with van der Waals surface area (Å²) in [7, 11) is 0. The Bertz CT molecular complexity index is 336. The summed E-state index contributed by atoms with van der Waals surface area (Å²) in [6, 6.07) is 8.42. The van der Waals surface area contributed by atoms with Crippen molar-refractivity contribution in [2.45, 2.75) is 52.5 Å². The first kappa shape index (κ1) is 15.0. The van der Waals surface area contributed by atoms with Gasteiger partial charge in [-0.1, -0.05) is 38.8 Å². The maximum absolute atomic E-state index is 6.07. The highest BCUT2D eigenvalue weighted by Gasteiger charge is 2.04. The zero-order chi connectivity index (χ0) is 13.4. The lowest BCUT2D eigenvalue weighted by Crippen LogP contribution is -2.22. The summed E-state index contributed by atoms with van der Waals surface area (Å²) >= 11 is 0. The monoisotopic (exact) mass is 249 g/mol. The SMILES string of the molecule is Cc1cccc(OCCC(N)CCCC(C)C)c1. The second kappa shape index (κ2) is 8.15. The molecule has 0 amide bonds. The fourth-order valence-corrected chi connectivity index (χ4v) is 1.97. The lowest BCUT2D eigenvalue weighted by Gasteiger charge is -2.13. The highest BCUT2D eigenvalue weighted by Crippen LogP contribution is 2.13. The fourth-order valence-electron chi connectivity index (χ4n) is 1.97. The quantitative estimate of drug-likeness (QED) is 0.758. The highest BCUT2D eigenvalue weighted by molar-refractivity contribution is 5.27. The molecule has 1 rings (SSSR count). The zero-order valence-electron chi connectivity index (χ0n) is 12.0. The molecular formula is C16H27NO. The van der Waals surface area contributed by atoms with Crippen molar-refractivity contribution in [1.82, 2.24) is 0 Å². The first-order valence-electron chi connectivity index (χ1n) is 7.03. The average molecular weight is 249 g/mol. The molecule has 0 bridgehead atoms. The molecule has 0 aromatic heterocycles. The van der Waals surface area contributed by atoms with E-state index in [0.717, 1.165) is 24.5 Å². The summed E-state index contributed by atoms with van der Waals surface area (Å²) < 4.78 is 5.70. The van der Waals surface area contributed by atoms with Gasteiger partial charge in [-0.25, -0.2) is 0 Å². The van der Waals surface area contributed by atoms with Crippen molar-refractivity contribution in [3.63, 3.8) is 0 Å². The lowest BCUT2D eigenvalue weighted by molar-refractivity contribution is 0.292. The van der Waals surface area contributed by atoms with Gasteiger partial charge in [-0.2, -0.15) is 0 Å². The van der Waals surface area contributed by atoms with Crippen molar-refractivity contribution in [1.29, 1.82) is 0 Å². The van der Waals surface area contributed by atoms with Gasteiger partial charge in [-0.05, 0) is 43.4 Å². The van der Waals surface area contributed by atoms with Crippen LogP contribution in [0.3, 0.4) is 0 Å². The Balaban J connectivity index is 2.13. The molecular weight excluding hydrogens is 222 g/mol. The van der Waals surface area contributed by atoms with Crippen LogP contribution in [0.15, 0.2) is 24.3 Å². The van der Waals surface area contributed by atoms with Crippen molar-refractivity contribution in [2.24, 2.45) is 11.7 Å². The second-order valence-electron chi connectivity index (χ2n) is 5.54. The molecule has 0 fully saturated rings. The molecule has 0 aliphatic rings. The van der Waals surface area contributed by atoms with Gasteiger partial charge in [0.2, 0.25) is 0 Å². The topological polar surface area (TPSA) is 35.2 Å². The van der Waals surface area contributed by atoms with Gasteiger partial charge >= 0.3 is 0 Å². The van der Waals surface area contributed by atoms with Crippen LogP contribution in [-0.4, -0.2) is 12.6 Å². The largest absolute Gasteiger partial charge is 0.494 e. The Morgan fingerprint density at radius 3 is 2.61 bits per heavy atom. The van der Waals surface area contributed by atoms with E-state index in [4.69, 9.17) is 10.5 Å². The third-order valence-electron chi connectivity index (χ3n) is 3.10. The van der Waals surface area contributed by atoms with Crippen LogP contribution in [0.25, 0.3) is 0 Å². The second-order valence-corrected chi connectivity index (χ2v) is 5.54. The Hall–Kier alpha value is -1.02. The van der Waals surface area contributed by atoms with E-state index in [9.17, 15) is 0 Å². The van der Waals surface area contributed by atoms with E-state index < -0.39 is 0 Å². The minimum atomic E-state index is 0.272. The molecule has 1 unspecified atom stereocenters. The van der Waals surface area contributed by atoms with Gasteiger partial charge in [-0.3, -0.25) is 0 Å². The van der Waals surface area contributed by atoms with Crippen molar-refractivity contribution >= 4 is 0 Å². The number of ether oxygens (including phenoxy) is 1. The summed E-state index contributed by atoms with van der Waals surface area (Å²) in [6.45, 7) is 7.30. The van der Waals surface area contributed by atoms with Crippen LogP contribution in [0.2, 0.25) is 0 Å². The van der Waals surface area contributed by atoms with Crippen LogP contribution >= 0.6 is 0 Å². The van der Waals surface area contributed by atoms with Crippen molar-refractivity contribution in [3.8, 4) is 5.75 Å². The minimum absolute atomic E-state index is 0.272. The molecule has 0 saturated carbocycles. The van der Waals surface area contributed by atoms with Gasteiger partial charge in [0.25, 0.3) is 0 Å². The van der Waals surface area contributed by atoms with Gasteiger partial charge in [0, 0.05) is 6.04 Å². The van der Waals surface area contributed by atoms with Crippen LogP contribution in [0, 0.1) is 12.8 Å². The number of aryl methyl sites for hydroxylation is 1. The molecule has 0 spiro atoms. The maximum atomic E-state index is 6.07. The van der Waals surface area contributed by atoms with E-state index >= 15 is 0 Å². The first-order valence-corrected chi connectivity index (χ1v) is 7.03. The molecule has 0 aliphatic heterocycles. The molecule has 1 aromatic rings. The Kier molecular flexibility index (Phi) is 6.81. The van der Waals surface area contributed by atoms with Crippen LogP contribution < -0.4 is 10.5 Å². The van der Waals surface area contributed by atoms with Crippen LogP contribution in [0.1, 0.15) is 45.1 Å². The van der Waals surface area contributed by atoms with Gasteiger partial charge in [0.05, 0.1) is 6.61 Å². The molecule has 1 aromatic carbocycles. The van der Waals surface area contributed by atoms with Crippen LogP contribution in [0.5, 0.6) is 5.75 Å². The Morgan fingerprint density at radius 1 is 1.17 bits per heavy atom. The van der Waals surface area contributed by atoms with E-state index in [0.29, 0.717) is 6.61 Å². The number of benzene rings is 1. The van der Waals surface area contributed by atoms with Crippen molar-refractivity contribution < 1.29 is 4.74 Å². The third kappa shape index (κ3) is 6.65. The van der Waals surface area contributed by atoms with E-state index in [-0.39, 0.29) is 6.04 Å². The summed E-state index contributed by atoms with van der Waals surface area (Å²) in [5, 5.41) is 0. The maximum Gasteiger partial charge on any atom is 0.119 e. The van der Waals surface area contributed by atoms with E-state index in [2.05, 4.69) is 32.9 Å². The number of nitrogens with two attached hydrogens (primary N) is 1. The van der Waals surface area contributed by atoms with Gasteiger partial charge < -0.3 is 10.5 Å². The van der Waals surface area contributed by atoms with E-state index in [1.165, 1.54) is 18.4 Å². The zero-order valence-corrected chi connectivity index (χ0v) is 12.0. The molecule has 0 radical (unpaired) electrons. The molecule has 1 atom stereocenters. The molecule has 0 saturated heterocycles. The standard InChI is InChI=1S/C16H27NO/c1-13(2)6-4-8-15(17)10-11-18-16-9-5-7-14(3)12-16/h5,7,9,12-13,15H,4,6,8,10-11,17H2,1-3H3. The normalized spacial score (nSPS) is 12.7. The molecule has 18 heavy (non-hydrogen) atoms. The summed E-state index contributed by atoms with van der Waals surface area (Å²) in [6.07, 6.45) is 4.54. The highest BCUT2D eigenvalue weighted by atomic mass is 16.5. The third-order valence-corrected chi connectivity index (χ3v) is 3.10. The average Bonchev–Trinajstić information content (AvgIpc) is 2.28. The predicted octanol–water partition coefficient (Wildman–Crippen LogP) is 3.92. The number of rotatable bonds is 8. The Morgan fingerprint density at radius 2 is 1.94 bits per heavy atom. The number of hydrogen-bond acceptors (Lipinski definition) is 2. The lowest BCUT2D eigenvalue weighted by atomic mass is 10.0. The smallest absolute Gasteiger partial charge is 0.119 e. The minimum Gasteiger partial charge on any atom is -0.494 e. The molecule has 2 heteroatoms. The molecule has 0 heterocycles. The first-order chi connectivity index (χ1) is 8.58. The van der Waals surface area contributed by atoms with E-state index in [1.807, 2.05) is 12.1 Å². The van der Waals surface area contributed by atoms with E-state index in [1.54, 1.807) is 0 Å². The van der Waals surface area contributed by atoms with Crippen molar-refractivity contribution in [3.05, 3.63) is 29.8 Å². The predicted molar refractivity (Wildman–Crippen MR) is 78.0 cm³/mol. The van der Waals surface area contributed by atoms with Gasteiger partial charge in [0.1, 0.15) is 5.75 Å². The molecule has 0 aliphatic carbocycles. The summed E-state index contributed by atoms with van der Waals surface area (Å²) in [4.78, 5) is 0. The number of hydrogen-bond donors (Lipinski definition) is 1. The summed E-state index contributed by atoms with van der Waals surface area (Å²) in [5.41, 5.74) is 7.30. The Labute approximate surface area is 112 Å².